The number of amides is 1. The zero-order valence-corrected chi connectivity index (χ0v) is 19.4. The fourth-order valence-corrected chi connectivity index (χ4v) is 4.21. The molecule has 1 N–H and O–H groups in total. The monoisotopic (exact) mass is 452 g/mol. The second-order valence-electron chi connectivity index (χ2n) is 7.57. The van der Waals surface area contributed by atoms with Crippen molar-refractivity contribution in [3.05, 3.63) is 95.1 Å². The molecule has 3 rings (SSSR count). The zero-order valence-electron chi connectivity index (χ0n) is 18.5. The highest BCUT2D eigenvalue weighted by molar-refractivity contribution is 7.92. The fourth-order valence-electron chi connectivity index (χ4n) is 3.31. The summed E-state index contributed by atoms with van der Waals surface area (Å²) in [6.45, 7) is 4.74. The van der Waals surface area contributed by atoms with Crippen molar-refractivity contribution >= 4 is 21.6 Å². The van der Waals surface area contributed by atoms with Gasteiger partial charge in [0.1, 0.15) is 12.4 Å². The number of benzene rings is 3. The van der Waals surface area contributed by atoms with Gasteiger partial charge in [-0.1, -0.05) is 54.6 Å². The molecular formula is C25H28N2O4S. The zero-order chi connectivity index (χ0) is 23.1. The summed E-state index contributed by atoms with van der Waals surface area (Å²) in [6, 6.07) is 21.8. The van der Waals surface area contributed by atoms with Crippen LogP contribution in [0.5, 0.6) is 5.75 Å². The Kier molecular flexibility index (Phi) is 7.53. The summed E-state index contributed by atoms with van der Waals surface area (Å²) in [4.78, 5) is 12.9. The molecule has 0 heterocycles. The summed E-state index contributed by atoms with van der Waals surface area (Å²) in [5.41, 5.74) is 3.66. The van der Waals surface area contributed by atoms with Gasteiger partial charge in [-0.15, -0.1) is 0 Å². The molecule has 0 atom stereocenters. The highest BCUT2D eigenvalue weighted by Gasteiger charge is 2.23. The molecule has 0 fully saturated rings. The molecule has 0 aliphatic rings. The van der Waals surface area contributed by atoms with E-state index in [4.69, 9.17) is 4.74 Å². The molecule has 0 saturated heterocycles. The lowest BCUT2D eigenvalue weighted by Gasteiger charge is -2.24. The van der Waals surface area contributed by atoms with Crippen LogP contribution in [0.4, 0.5) is 5.69 Å². The van der Waals surface area contributed by atoms with Crippen LogP contribution >= 0.6 is 0 Å². The van der Waals surface area contributed by atoms with Gasteiger partial charge in [0.2, 0.25) is 10.0 Å². The Morgan fingerprint density at radius 2 is 1.62 bits per heavy atom. The molecule has 0 aliphatic carbocycles. The molecule has 0 saturated carbocycles. The van der Waals surface area contributed by atoms with Crippen LogP contribution in [0.15, 0.2) is 72.8 Å². The largest absolute Gasteiger partial charge is 0.491 e. The average Bonchev–Trinajstić information content (AvgIpc) is 2.77. The first kappa shape index (κ1) is 23.3. The molecular weight excluding hydrogens is 424 g/mol. The lowest BCUT2D eigenvalue weighted by Crippen LogP contribution is -2.33. The van der Waals surface area contributed by atoms with Gasteiger partial charge < -0.3 is 10.1 Å². The van der Waals surface area contributed by atoms with Crippen LogP contribution in [0.3, 0.4) is 0 Å². The minimum absolute atomic E-state index is 0.139. The van der Waals surface area contributed by atoms with E-state index in [1.165, 1.54) is 4.31 Å². The number of ether oxygens (including phenoxy) is 1. The summed E-state index contributed by atoms with van der Waals surface area (Å²) >= 11 is 0. The number of rotatable bonds is 9. The molecule has 7 heteroatoms. The molecule has 0 unspecified atom stereocenters. The van der Waals surface area contributed by atoms with Gasteiger partial charge in [-0.05, 0) is 48.7 Å². The molecule has 6 nitrogen and oxygen atoms in total. The third-order valence-corrected chi connectivity index (χ3v) is 6.31. The van der Waals surface area contributed by atoms with E-state index >= 15 is 0 Å². The van der Waals surface area contributed by atoms with E-state index in [0.717, 1.165) is 28.7 Å². The van der Waals surface area contributed by atoms with Crippen molar-refractivity contribution in [2.75, 3.05) is 23.7 Å². The third-order valence-electron chi connectivity index (χ3n) is 5.19. The van der Waals surface area contributed by atoms with Crippen molar-refractivity contribution in [2.24, 2.45) is 0 Å². The summed E-state index contributed by atoms with van der Waals surface area (Å²) in [5.74, 6) is 0.428. The number of sulfonamides is 1. The molecule has 168 valence electrons. The summed E-state index contributed by atoms with van der Waals surface area (Å²) < 4.78 is 32.2. The second-order valence-corrected chi connectivity index (χ2v) is 9.48. The van der Waals surface area contributed by atoms with Crippen LogP contribution in [0.25, 0.3) is 0 Å². The van der Waals surface area contributed by atoms with E-state index in [1.54, 1.807) is 24.3 Å². The van der Waals surface area contributed by atoms with Gasteiger partial charge in [-0.25, -0.2) is 8.42 Å². The topological polar surface area (TPSA) is 75.7 Å². The SMILES string of the molecule is Cc1cccc(OCCNC(=O)c2ccccc2N(Cc2ccccc2)S(C)(=O)=O)c1C. The molecule has 0 aliphatic heterocycles. The van der Waals surface area contributed by atoms with E-state index < -0.39 is 10.0 Å². The van der Waals surface area contributed by atoms with Gasteiger partial charge in [0, 0.05) is 0 Å². The summed E-state index contributed by atoms with van der Waals surface area (Å²) in [6.07, 6.45) is 1.14. The first-order chi connectivity index (χ1) is 15.3. The lowest BCUT2D eigenvalue weighted by molar-refractivity contribution is 0.0947. The van der Waals surface area contributed by atoms with Crippen LogP contribution in [0, 0.1) is 13.8 Å². The number of carbonyl (C=O) groups is 1. The van der Waals surface area contributed by atoms with Crippen molar-refractivity contribution in [3.8, 4) is 5.75 Å². The average molecular weight is 453 g/mol. The van der Waals surface area contributed by atoms with Gasteiger partial charge in [-0.3, -0.25) is 9.10 Å². The van der Waals surface area contributed by atoms with Crippen LogP contribution in [0.1, 0.15) is 27.0 Å². The summed E-state index contributed by atoms with van der Waals surface area (Å²) in [5, 5.41) is 2.83. The van der Waals surface area contributed by atoms with E-state index in [-0.39, 0.29) is 19.0 Å². The number of hydrogen-bond acceptors (Lipinski definition) is 4. The number of nitrogens with one attached hydrogen (secondary N) is 1. The standard InChI is InChI=1S/C25H28N2O4S/c1-19-10-9-15-24(20(19)2)31-17-16-26-25(28)22-13-7-8-14-23(22)27(32(3,29)30)18-21-11-5-4-6-12-21/h4-15H,16-18H2,1-3H3,(H,26,28). The maximum atomic E-state index is 12.9. The smallest absolute Gasteiger partial charge is 0.253 e. The van der Waals surface area contributed by atoms with Crippen LogP contribution in [-0.2, 0) is 16.6 Å². The highest BCUT2D eigenvalue weighted by atomic mass is 32.2. The second kappa shape index (κ2) is 10.3. The number of nitrogens with zero attached hydrogens (tertiary/aromatic N) is 1. The molecule has 0 bridgehead atoms. The van der Waals surface area contributed by atoms with Crippen molar-refractivity contribution in [3.63, 3.8) is 0 Å². The Hall–Kier alpha value is -3.32. The Bertz CT molecular complexity index is 1180. The van der Waals surface area contributed by atoms with Crippen LogP contribution < -0.4 is 14.4 Å². The predicted molar refractivity (Wildman–Crippen MR) is 128 cm³/mol. The maximum Gasteiger partial charge on any atom is 0.253 e. The number of anilines is 1. The van der Waals surface area contributed by atoms with Crippen molar-refractivity contribution in [1.82, 2.24) is 5.32 Å². The van der Waals surface area contributed by atoms with Crippen molar-refractivity contribution in [2.45, 2.75) is 20.4 Å². The molecule has 0 spiro atoms. The lowest BCUT2D eigenvalue weighted by atomic mass is 10.1. The molecule has 3 aromatic carbocycles. The molecule has 1 amide bonds. The Labute approximate surface area is 189 Å². The van der Waals surface area contributed by atoms with E-state index in [1.807, 2.05) is 62.4 Å². The van der Waals surface area contributed by atoms with Gasteiger partial charge in [0.05, 0.1) is 30.6 Å². The minimum atomic E-state index is -3.61. The van der Waals surface area contributed by atoms with Gasteiger partial charge in [-0.2, -0.15) is 0 Å². The van der Waals surface area contributed by atoms with Crippen molar-refractivity contribution < 1.29 is 17.9 Å². The molecule has 3 aromatic rings. The number of hydrogen-bond donors (Lipinski definition) is 1. The maximum absolute atomic E-state index is 12.9. The number of aryl methyl sites for hydroxylation is 1. The van der Waals surface area contributed by atoms with Gasteiger partial charge in [0.15, 0.2) is 0 Å². The first-order valence-electron chi connectivity index (χ1n) is 10.4. The summed E-state index contributed by atoms with van der Waals surface area (Å²) in [7, 11) is -3.61. The van der Waals surface area contributed by atoms with E-state index in [0.29, 0.717) is 17.9 Å². The van der Waals surface area contributed by atoms with Gasteiger partial charge >= 0.3 is 0 Å². The normalized spacial score (nSPS) is 11.1. The molecule has 32 heavy (non-hydrogen) atoms. The highest BCUT2D eigenvalue weighted by Crippen LogP contribution is 2.25. The minimum Gasteiger partial charge on any atom is -0.491 e. The number of para-hydroxylation sites is 1. The third kappa shape index (κ3) is 5.88. The fraction of sp³-hybridized carbons (Fsp3) is 0.240. The Morgan fingerprint density at radius 1 is 0.938 bits per heavy atom. The van der Waals surface area contributed by atoms with Gasteiger partial charge in [0.25, 0.3) is 5.91 Å². The Morgan fingerprint density at radius 3 is 2.34 bits per heavy atom. The van der Waals surface area contributed by atoms with Crippen LogP contribution in [-0.4, -0.2) is 33.7 Å². The molecule has 0 radical (unpaired) electrons. The number of carbonyl (C=O) groups excluding carboxylic acids is 1. The van der Waals surface area contributed by atoms with E-state index in [2.05, 4.69) is 5.32 Å². The van der Waals surface area contributed by atoms with Crippen LogP contribution in [0.2, 0.25) is 0 Å². The first-order valence-corrected chi connectivity index (χ1v) is 12.2. The Balaban J connectivity index is 1.72. The molecule has 0 aromatic heterocycles. The quantitative estimate of drug-likeness (QED) is 0.497. The van der Waals surface area contributed by atoms with Crippen molar-refractivity contribution in [1.29, 1.82) is 0 Å². The van der Waals surface area contributed by atoms with E-state index in [9.17, 15) is 13.2 Å². The predicted octanol–water partition coefficient (Wildman–Crippen LogP) is 4.08.